The van der Waals surface area contributed by atoms with Gasteiger partial charge in [0.15, 0.2) is 0 Å². The number of piperazine rings is 1. The Kier molecular flexibility index (Phi) is 4.87. The molecule has 1 aromatic carbocycles. The van der Waals surface area contributed by atoms with Crippen molar-refractivity contribution in [2.45, 2.75) is 12.8 Å². The predicted molar refractivity (Wildman–Crippen MR) is 75.4 cm³/mol. The molecule has 0 N–H and O–H groups in total. The molecule has 1 saturated heterocycles. The molecule has 0 saturated carbocycles. The molecule has 1 aromatic rings. The Morgan fingerprint density at radius 2 is 1.79 bits per heavy atom. The molecule has 104 valence electrons. The predicted octanol–water partition coefficient (Wildman–Crippen LogP) is 1.77. The minimum atomic E-state index is -0.353. The molecule has 1 aliphatic heterocycles. The van der Waals surface area contributed by atoms with Crippen LogP contribution in [0.15, 0.2) is 24.3 Å². The van der Waals surface area contributed by atoms with Crippen LogP contribution in [0, 0.1) is 10.1 Å². The van der Waals surface area contributed by atoms with Gasteiger partial charge in [0.05, 0.1) is 4.92 Å². The van der Waals surface area contributed by atoms with E-state index < -0.39 is 0 Å². The van der Waals surface area contributed by atoms with Crippen LogP contribution in [0.3, 0.4) is 0 Å². The van der Waals surface area contributed by atoms with E-state index in [4.69, 9.17) is 0 Å². The van der Waals surface area contributed by atoms with Crippen molar-refractivity contribution in [3.05, 3.63) is 39.9 Å². The Morgan fingerprint density at radius 1 is 1.16 bits per heavy atom. The molecule has 19 heavy (non-hydrogen) atoms. The molecule has 1 heterocycles. The maximum atomic E-state index is 10.6. The lowest BCUT2D eigenvalue weighted by atomic mass is 10.1. The van der Waals surface area contributed by atoms with Gasteiger partial charge in [0.2, 0.25) is 0 Å². The van der Waals surface area contributed by atoms with Crippen LogP contribution in [0.4, 0.5) is 5.69 Å². The molecular formula is C14H21N3O2. The van der Waals surface area contributed by atoms with Crippen molar-refractivity contribution in [2.75, 3.05) is 39.8 Å². The number of aryl methyl sites for hydroxylation is 1. The van der Waals surface area contributed by atoms with E-state index in [2.05, 4.69) is 16.8 Å². The summed E-state index contributed by atoms with van der Waals surface area (Å²) in [6.07, 6.45) is 2.10. The minimum Gasteiger partial charge on any atom is -0.304 e. The number of non-ortho nitro benzene ring substituents is 1. The van der Waals surface area contributed by atoms with Gasteiger partial charge in [-0.15, -0.1) is 0 Å². The second kappa shape index (κ2) is 6.63. The summed E-state index contributed by atoms with van der Waals surface area (Å²) < 4.78 is 0. The van der Waals surface area contributed by atoms with E-state index in [9.17, 15) is 10.1 Å². The Hall–Kier alpha value is -1.46. The van der Waals surface area contributed by atoms with Crippen molar-refractivity contribution < 1.29 is 4.92 Å². The summed E-state index contributed by atoms with van der Waals surface area (Å²) in [7, 11) is 2.16. The van der Waals surface area contributed by atoms with E-state index in [1.165, 1.54) is 5.56 Å². The molecule has 0 spiro atoms. The lowest BCUT2D eigenvalue weighted by molar-refractivity contribution is -0.384. The van der Waals surface area contributed by atoms with Crippen molar-refractivity contribution in [2.24, 2.45) is 0 Å². The van der Waals surface area contributed by atoms with Crippen LogP contribution in [-0.4, -0.2) is 54.5 Å². The number of hydrogen-bond acceptors (Lipinski definition) is 4. The number of nitro groups is 1. The smallest absolute Gasteiger partial charge is 0.269 e. The van der Waals surface area contributed by atoms with E-state index in [-0.39, 0.29) is 10.6 Å². The first kappa shape index (κ1) is 14.0. The van der Waals surface area contributed by atoms with Gasteiger partial charge in [-0.3, -0.25) is 10.1 Å². The molecule has 2 rings (SSSR count). The normalized spacial score (nSPS) is 17.5. The maximum Gasteiger partial charge on any atom is 0.269 e. The van der Waals surface area contributed by atoms with Crippen molar-refractivity contribution in [1.82, 2.24) is 9.80 Å². The first-order chi connectivity index (χ1) is 9.15. The van der Waals surface area contributed by atoms with E-state index in [1.54, 1.807) is 12.1 Å². The molecule has 0 unspecified atom stereocenters. The summed E-state index contributed by atoms with van der Waals surface area (Å²) in [5.41, 5.74) is 1.35. The van der Waals surface area contributed by atoms with Crippen LogP contribution >= 0.6 is 0 Å². The first-order valence-electron chi connectivity index (χ1n) is 6.79. The average Bonchev–Trinajstić information content (AvgIpc) is 2.41. The van der Waals surface area contributed by atoms with Crippen LogP contribution in [-0.2, 0) is 6.42 Å². The molecule has 0 amide bonds. The van der Waals surface area contributed by atoms with Crippen LogP contribution in [0.2, 0.25) is 0 Å². The lowest BCUT2D eigenvalue weighted by Gasteiger charge is -2.32. The van der Waals surface area contributed by atoms with Crippen molar-refractivity contribution in [1.29, 1.82) is 0 Å². The standard InChI is InChI=1S/C14H21N3O2/c1-15-9-11-16(12-10-15)8-2-3-13-4-6-14(7-5-13)17(18)19/h4-7H,2-3,8-12H2,1H3. The maximum absolute atomic E-state index is 10.6. The number of nitro benzene ring substituents is 1. The molecular weight excluding hydrogens is 242 g/mol. The van der Waals surface area contributed by atoms with Crippen molar-refractivity contribution in [3.8, 4) is 0 Å². The van der Waals surface area contributed by atoms with Gasteiger partial charge in [-0.1, -0.05) is 12.1 Å². The fourth-order valence-corrected chi connectivity index (χ4v) is 2.36. The van der Waals surface area contributed by atoms with Gasteiger partial charge in [-0.25, -0.2) is 0 Å². The van der Waals surface area contributed by atoms with Crippen LogP contribution in [0.25, 0.3) is 0 Å². The third-order valence-electron chi connectivity index (χ3n) is 3.68. The molecule has 0 bridgehead atoms. The number of likely N-dealkylation sites (N-methyl/N-ethyl adjacent to an activating group) is 1. The molecule has 5 heteroatoms. The highest BCUT2D eigenvalue weighted by Crippen LogP contribution is 2.13. The van der Waals surface area contributed by atoms with Crippen molar-refractivity contribution in [3.63, 3.8) is 0 Å². The van der Waals surface area contributed by atoms with E-state index in [1.807, 2.05) is 12.1 Å². The van der Waals surface area contributed by atoms with Gasteiger partial charge in [0.1, 0.15) is 0 Å². The summed E-state index contributed by atoms with van der Waals surface area (Å²) in [5, 5.41) is 10.6. The molecule has 0 aromatic heterocycles. The highest BCUT2D eigenvalue weighted by Gasteiger charge is 2.12. The zero-order valence-electron chi connectivity index (χ0n) is 11.4. The Labute approximate surface area is 114 Å². The van der Waals surface area contributed by atoms with Crippen molar-refractivity contribution >= 4 is 5.69 Å². The molecule has 0 radical (unpaired) electrons. The quantitative estimate of drug-likeness (QED) is 0.600. The Bertz CT molecular complexity index is 411. The minimum absolute atomic E-state index is 0.169. The van der Waals surface area contributed by atoms with Gasteiger partial charge in [-0.2, -0.15) is 0 Å². The summed E-state index contributed by atoms with van der Waals surface area (Å²) in [5.74, 6) is 0. The number of benzene rings is 1. The van der Waals surface area contributed by atoms with Gasteiger partial charge in [0, 0.05) is 38.3 Å². The SMILES string of the molecule is CN1CCN(CCCc2ccc([N+](=O)[O-])cc2)CC1. The number of nitrogens with zero attached hydrogens (tertiary/aromatic N) is 3. The lowest BCUT2D eigenvalue weighted by Crippen LogP contribution is -2.44. The molecule has 0 atom stereocenters. The van der Waals surface area contributed by atoms with Crippen LogP contribution in [0.1, 0.15) is 12.0 Å². The zero-order valence-corrected chi connectivity index (χ0v) is 11.4. The Balaban J connectivity index is 1.72. The highest BCUT2D eigenvalue weighted by molar-refractivity contribution is 5.32. The highest BCUT2D eigenvalue weighted by atomic mass is 16.6. The Morgan fingerprint density at radius 3 is 2.37 bits per heavy atom. The number of rotatable bonds is 5. The monoisotopic (exact) mass is 263 g/mol. The first-order valence-corrected chi connectivity index (χ1v) is 6.79. The summed E-state index contributed by atoms with van der Waals surface area (Å²) in [6, 6.07) is 6.90. The second-order valence-corrected chi connectivity index (χ2v) is 5.17. The fraction of sp³-hybridized carbons (Fsp3) is 0.571. The van der Waals surface area contributed by atoms with Gasteiger partial charge in [-0.05, 0) is 32.0 Å². The molecule has 0 aliphatic carbocycles. The largest absolute Gasteiger partial charge is 0.304 e. The third-order valence-corrected chi connectivity index (χ3v) is 3.68. The summed E-state index contributed by atoms with van der Waals surface area (Å²) in [6.45, 7) is 5.72. The molecule has 5 nitrogen and oxygen atoms in total. The molecule has 1 fully saturated rings. The second-order valence-electron chi connectivity index (χ2n) is 5.17. The van der Waals surface area contributed by atoms with Gasteiger partial charge >= 0.3 is 0 Å². The topological polar surface area (TPSA) is 49.6 Å². The van der Waals surface area contributed by atoms with E-state index in [0.717, 1.165) is 45.6 Å². The summed E-state index contributed by atoms with van der Waals surface area (Å²) in [4.78, 5) is 15.0. The average molecular weight is 263 g/mol. The van der Waals surface area contributed by atoms with E-state index in [0.29, 0.717) is 0 Å². The number of hydrogen-bond donors (Lipinski definition) is 0. The zero-order chi connectivity index (χ0) is 13.7. The van der Waals surface area contributed by atoms with Crippen LogP contribution in [0.5, 0.6) is 0 Å². The van der Waals surface area contributed by atoms with E-state index >= 15 is 0 Å². The van der Waals surface area contributed by atoms with Crippen LogP contribution < -0.4 is 0 Å². The van der Waals surface area contributed by atoms with Gasteiger partial charge in [0.25, 0.3) is 5.69 Å². The third kappa shape index (κ3) is 4.29. The summed E-state index contributed by atoms with van der Waals surface area (Å²) >= 11 is 0. The fourth-order valence-electron chi connectivity index (χ4n) is 2.36. The molecule has 1 aliphatic rings. The van der Waals surface area contributed by atoms with Gasteiger partial charge < -0.3 is 9.80 Å².